The first-order chi connectivity index (χ1) is 9.58. The molecule has 0 fully saturated rings. The maximum atomic E-state index is 9.98. The van der Waals surface area contributed by atoms with Crippen LogP contribution in [0.2, 0.25) is 0 Å². The fraction of sp³-hybridized carbons (Fsp3) is 0. The van der Waals surface area contributed by atoms with Gasteiger partial charge in [0.2, 0.25) is 0 Å². The fourth-order valence-electron chi connectivity index (χ4n) is 1.13. The number of rotatable bonds is 4. The summed E-state index contributed by atoms with van der Waals surface area (Å²) in [5.41, 5.74) is 0. The largest absolute Gasteiger partial charge is 2.00 e. The van der Waals surface area contributed by atoms with E-state index in [1.807, 2.05) is 0 Å². The average molecular weight is 371 g/mol. The van der Waals surface area contributed by atoms with Crippen molar-refractivity contribution in [2.75, 3.05) is 0 Å². The van der Waals surface area contributed by atoms with Crippen molar-refractivity contribution in [3.05, 3.63) is 60.7 Å². The molecule has 2 aromatic carbocycles. The third-order valence-corrected chi connectivity index (χ3v) is 2.57. The molecule has 2 unspecified atom stereocenters. The third-order valence-electron chi connectivity index (χ3n) is 1.85. The van der Waals surface area contributed by atoms with E-state index in [-0.39, 0.29) is 16.8 Å². The van der Waals surface area contributed by atoms with Crippen LogP contribution in [0.3, 0.4) is 0 Å². The molecule has 21 heavy (non-hydrogen) atoms. The van der Waals surface area contributed by atoms with Crippen molar-refractivity contribution in [1.29, 1.82) is 0 Å². The summed E-state index contributed by atoms with van der Waals surface area (Å²) in [5.74, 6) is 0.692. The second-order valence-corrected chi connectivity index (χ2v) is 4.52. The molecule has 6 nitrogen and oxygen atoms in total. The summed E-state index contributed by atoms with van der Waals surface area (Å²) in [6.45, 7) is 0. The molecule has 0 amide bonds. The minimum atomic E-state index is -2.78. The molecule has 111 valence electrons. The predicted octanol–water partition coefficient (Wildman–Crippen LogP) is 2.16. The molecule has 0 saturated heterocycles. The van der Waals surface area contributed by atoms with Gasteiger partial charge in [-0.05, 0) is 33.4 Å². The Bertz CT molecular complexity index is 501. The molecule has 0 N–H and O–H groups in total. The summed E-state index contributed by atoms with van der Waals surface area (Å²) in [5, 5.41) is 0. The van der Waals surface area contributed by atoms with Crippen LogP contribution in [0.4, 0.5) is 0 Å². The maximum absolute atomic E-state index is 9.98. The summed E-state index contributed by atoms with van der Waals surface area (Å²) >= 11 is 0. The van der Waals surface area contributed by atoms with Gasteiger partial charge in [-0.2, -0.15) is 0 Å². The van der Waals surface area contributed by atoms with Crippen LogP contribution in [0.1, 0.15) is 0 Å². The summed E-state index contributed by atoms with van der Waals surface area (Å²) in [4.78, 5) is 20.0. The zero-order chi connectivity index (χ0) is 14.8. The molecule has 0 bridgehead atoms. The molecule has 0 aliphatic heterocycles. The van der Waals surface area contributed by atoms with E-state index in [4.69, 9.17) is 0 Å². The van der Waals surface area contributed by atoms with Gasteiger partial charge in [-0.3, -0.25) is 9.05 Å². The Labute approximate surface area is 133 Å². The van der Waals surface area contributed by atoms with Crippen molar-refractivity contribution in [3.63, 3.8) is 0 Å². The van der Waals surface area contributed by atoms with E-state index in [1.165, 1.54) is 0 Å². The van der Waals surface area contributed by atoms with Gasteiger partial charge < -0.3 is 9.79 Å². The normalized spacial score (nSPS) is 10.2. The van der Waals surface area contributed by atoms with Crippen molar-refractivity contribution < 1.29 is 44.7 Å². The summed E-state index contributed by atoms with van der Waals surface area (Å²) < 4.78 is 28.7. The van der Waals surface area contributed by atoms with E-state index in [1.54, 1.807) is 60.7 Å². The minimum Gasteiger partial charge on any atom is -0.558 e. The van der Waals surface area contributed by atoms with Gasteiger partial charge in [0.15, 0.2) is 11.5 Å². The van der Waals surface area contributed by atoms with Crippen molar-refractivity contribution >= 4 is 16.5 Å². The van der Waals surface area contributed by atoms with E-state index < -0.39 is 16.5 Å². The van der Waals surface area contributed by atoms with Crippen LogP contribution in [-0.4, -0.2) is 0 Å². The SMILES string of the molecule is O=[P+]([O-])Oc1ccccc1.O=[P+]([O-])Oc1ccccc1.[Co+2]. The molecular weight excluding hydrogens is 361 g/mol. The molecule has 2 atom stereocenters. The smallest absolute Gasteiger partial charge is 0.558 e. The second-order valence-electron chi connectivity index (χ2n) is 3.26. The van der Waals surface area contributed by atoms with Gasteiger partial charge in [-0.1, -0.05) is 36.4 Å². The van der Waals surface area contributed by atoms with Gasteiger partial charge in [-0.25, -0.2) is 0 Å². The molecule has 0 aliphatic carbocycles. The summed E-state index contributed by atoms with van der Waals surface area (Å²) in [7, 11) is -5.55. The zero-order valence-electron chi connectivity index (χ0n) is 10.5. The van der Waals surface area contributed by atoms with Crippen molar-refractivity contribution in [1.82, 2.24) is 0 Å². The first-order valence-electron chi connectivity index (χ1n) is 5.33. The van der Waals surface area contributed by atoms with Crippen molar-refractivity contribution in [3.8, 4) is 11.5 Å². The van der Waals surface area contributed by atoms with Gasteiger partial charge in [0.25, 0.3) is 0 Å². The number of hydrogen-bond donors (Lipinski definition) is 0. The topological polar surface area (TPSA) is 98.7 Å². The molecule has 0 spiro atoms. The van der Waals surface area contributed by atoms with Crippen LogP contribution >= 0.6 is 16.5 Å². The van der Waals surface area contributed by atoms with Gasteiger partial charge in [0.05, 0.1) is 0 Å². The first kappa shape index (κ1) is 19.7. The Morgan fingerprint density at radius 1 is 0.667 bits per heavy atom. The van der Waals surface area contributed by atoms with Crippen molar-refractivity contribution in [2.24, 2.45) is 0 Å². The van der Waals surface area contributed by atoms with Crippen LogP contribution in [-0.2, 0) is 25.9 Å². The average Bonchev–Trinajstić information content (AvgIpc) is 2.40. The van der Waals surface area contributed by atoms with E-state index >= 15 is 0 Å². The molecule has 0 aromatic heterocycles. The standard InChI is InChI=1S/2C6H5O3P.Co/c2*7-10(8)9-6-4-2-1-3-5-6;/h2*1-5H;/q;;+2. The van der Waals surface area contributed by atoms with E-state index in [2.05, 4.69) is 9.05 Å². The number of hydrogen-bond acceptors (Lipinski definition) is 6. The Balaban J connectivity index is 0.000000364. The Kier molecular flexibility index (Phi) is 10.6. The van der Waals surface area contributed by atoms with Crippen LogP contribution in [0.15, 0.2) is 60.7 Å². The molecule has 0 saturated carbocycles. The summed E-state index contributed by atoms with van der Waals surface area (Å²) in [6, 6.07) is 16.7. The van der Waals surface area contributed by atoms with Gasteiger partial charge in [0.1, 0.15) is 0 Å². The molecule has 1 radical (unpaired) electrons. The van der Waals surface area contributed by atoms with Gasteiger partial charge >= 0.3 is 33.3 Å². The monoisotopic (exact) mass is 371 g/mol. The van der Waals surface area contributed by atoms with Crippen molar-refractivity contribution in [2.45, 2.75) is 0 Å². The van der Waals surface area contributed by atoms with E-state index in [9.17, 15) is 18.9 Å². The predicted molar refractivity (Wildman–Crippen MR) is 69.4 cm³/mol. The quantitative estimate of drug-likeness (QED) is 0.764. The van der Waals surface area contributed by atoms with Crippen LogP contribution in [0.5, 0.6) is 11.5 Å². The van der Waals surface area contributed by atoms with Crippen LogP contribution in [0, 0.1) is 0 Å². The number of para-hydroxylation sites is 2. The molecule has 9 heteroatoms. The minimum absolute atomic E-state index is 0. The molecule has 0 heterocycles. The van der Waals surface area contributed by atoms with Gasteiger partial charge in [-0.15, -0.1) is 0 Å². The summed E-state index contributed by atoms with van der Waals surface area (Å²) in [6.07, 6.45) is 0. The van der Waals surface area contributed by atoms with Crippen LogP contribution < -0.4 is 18.8 Å². The van der Waals surface area contributed by atoms with Crippen LogP contribution in [0.25, 0.3) is 0 Å². The zero-order valence-corrected chi connectivity index (χ0v) is 13.3. The maximum Gasteiger partial charge on any atom is 2.00 e. The van der Waals surface area contributed by atoms with E-state index in [0.29, 0.717) is 11.5 Å². The molecule has 2 aromatic rings. The Morgan fingerprint density at radius 3 is 1.19 bits per heavy atom. The molecule has 2 rings (SSSR count). The van der Waals surface area contributed by atoms with Gasteiger partial charge in [0, 0.05) is 0 Å². The Hall–Kier alpha value is -1.33. The number of benzene rings is 2. The van der Waals surface area contributed by atoms with E-state index in [0.717, 1.165) is 0 Å². The molecule has 0 aliphatic rings. The first-order valence-corrected chi connectivity index (χ1v) is 7.52. The fourth-order valence-corrected chi connectivity index (χ4v) is 1.72. The third kappa shape index (κ3) is 10.1. The molecular formula is C12H10CoO6P2+2. The second kappa shape index (κ2) is 11.3. The Morgan fingerprint density at radius 2 is 0.952 bits per heavy atom.